The van der Waals surface area contributed by atoms with Gasteiger partial charge in [0.25, 0.3) is 0 Å². The first-order valence-corrected chi connectivity index (χ1v) is 6.07. The fraction of sp³-hybridized carbons (Fsp3) is 0.538. The summed E-state index contributed by atoms with van der Waals surface area (Å²) in [6.07, 6.45) is 3.59. The van der Waals surface area contributed by atoms with Crippen LogP contribution in [0.15, 0.2) is 29.5 Å². The van der Waals surface area contributed by atoms with Gasteiger partial charge in [-0.25, -0.2) is 0 Å². The van der Waals surface area contributed by atoms with Crippen molar-refractivity contribution in [2.75, 3.05) is 13.1 Å². The van der Waals surface area contributed by atoms with Gasteiger partial charge in [0.1, 0.15) is 0 Å². The van der Waals surface area contributed by atoms with Crippen LogP contribution in [-0.2, 0) is 6.54 Å². The predicted molar refractivity (Wildman–Crippen MR) is 71.6 cm³/mol. The molecule has 0 radical (unpaired) electrons. The molecule has 4 heteroatoms. The molecule has 2 N–H and O–H groups in total. The molecule has 94 valence electrons. The molecule has 0 unspecified atom stereocenters. The molecule has 4 nitrogen and oxygen atoms in total. The Morgan fingerprint density at radius 2 is 2.06 bits per heavy atom. The van der Waals surface area contributed by atoms with Gasteiger partial charge in [-0.15, -0.1) is 0 Å². The molecule has 0 aliphatic heterocycles. The molecule has 0 fully saturated rings. The minimum Gasteiger partial charge on any atom is -0.370 e. The van der Waals surface area contributed by atoms with E-state index in [1.54, 1.807) is 12.4 Å². The van der Waals surface area contributed by atoms with Gasteiger partial charge in [-0.05, 0) is 30.5 Å². The lowest BCUT2D eigenvalue weighted by molar-refractivity contribution is 0.426. The van der Waals surface area contributed by atoms with Crippen LogP contribution in [0.1, 0.15) is 26.3 Å². The van der Waals surface area contributed by atoms with E-state index < -0.39 is 0 Å². The maximum absolute atomic E-state index is 5.98. The third-order valence-electron chi connectivity index (χ3n) is 2.45. The van der Waals surface area contributed by atoms with E-state index in [0.29, 0.717) is 11.9 Å². The Bertz CT molecular complexity index is 346. The SMILES string of the molecule is CCN(Cc1ccncc1)C(N)=NCC(C)C. The number of aliphatic imine (C=N–C) groups is 1. The summed E-state index contributed by atoms with van der Waals surface area (Å²) in [5, 5.41) is 0. The smallest absolute Gasteiger partial charge is 0.191 e. The predicted octanol–water partition coefficient (Wildman–Crippen LogP) is 1.87. The summed E-state index contributed by atoms with van der Waals surface area (Å²) in [5.74, 6) is 1.16. The molecule has 0 bridgehead atoms. The zero-order chi connectivity index (χ0) is 12.7. The van der Waals surface area contributed by atoms with Crippen molar-refractivity contribution in [3.8, 4) is 0 Å². The summed E-state index contributed by atoms with van der Waals surface area (Å²) in [6, 6.07) is 4.00. The van der Waals surface area contributed by atoms with Crippen molar-refractivity contribution in [1.82, 2.24) is 9.88 Å². The van der Waals surface area contributed by atoms with Gasteiger partial charge in [0.2, 0.25) is 0 Å². The Kier molecular flexibility index (Phi) is 5.46. The van der Waals surface area contributed by atoms with Gasteiger partial charge in [-0.1, -0.05) is 13.8 Å². The summed E-state index contributed by atoms with van der Waals surface area (Å²) in [6.45, 7) is 8.77. The number of hydrogen-bond donors (Lipinski definition) is 1. The zero-order valence-corrected chi connectivity index (χ0v) is 10.9. The lowest BCUT2D eigenvalue weighted by atomic mass is 10.2. The number of nitrogens with two attached hydrogens (primary N) is 1. The molecule has 0 aromatic carbocycles. The molecule has 1 rings (SSSR count). The van der Waals surface area contributed by atoms with Gasteiger partial charge in [-0.3, -0.25) is 9.98 Å². The summed E-state index contributed by atoms with van der Waals surface area (Å²) in [4.78, 5) is 10.5. The Balaban J connectivity index is 2.62. The standard InChI is InChI=1S/C13H22N4/c1-4-17(13(14)16-9-11(2)3)10-12-5-7-15-8-6-12/h5-8,11H,4,9-10H2,1-3H3,(H2,14,16). The third-order valence-corrected chi connectivity index (χ3v) is 2.45. The minimum atomic E-state index is 0.535. The molecule has 1 aromatic rings. The van der Waals surface area contributed by atoms with Crippen LogP contribution >= 0.6 is 0 Å². The van der Waals surface area contributed by atoms with E-state index in [9.17, 15) is 0 Å². The molecule has 0 atom stereocenters. The average Bonchev–Trinajstić information content (AvgIpc) is 2.34. The molecule has 0 saturated carbocycles. The molecule has 0 spiro atoms. The van der Waals surface area contributed by atoms with E-state index in [0.717, 1.165) is 19.6 Å². The van der Waals surface area contributed by atoms with Crippen LogP contribution in [0.2, 0.25) is 0 Å². The van der Waals surface area contributed by atoms with E-state index in [1.807, 2.05) is 12.1 Å². The number of nitrogens with zero attached hydrogens (tertiary/aromatic N) is 3. The highest BCUT2D eigenvalue weighted by molar-refractivity contribution is 5.78. The quantitative estimate of drug-likeness (QED) is 0.625. The second kappa shape index (κ2) is 6.89. The topological polar surface area (TPSA) is 54.5 Å². The van der Waals surface area contributed by atoms with Gasteiger partial charge in [0, 0.05) is 32.0 Å². The summed E-state index contributed by atoms with van der Waals surface area (Å²) in [7, 11) is 0. The van der Waals surface area contributed by atoms with Crippen LogP contribution in [0.5, 0.6) is 0 Å². The van der Waals surface area contributed by atoms with E-state index >= 15 is 0 Å². The Labute approximate surface area is 104 Å². The highest BCUT2D eigenvalue weighted by atomic mass is 15.2. The van der Waals surface area contributed by atoms with Crippen molar-refractivity contribution in [1.29, 1.82) is 0 Å². The molecule has 0 aliphatic rings. The molecular formula is C13H22N4. The average molecular weight is 234 g/mol. The zero-order valence-electron chi connectivity index (χ0n) is 10.9. The number of aromatic nitrogens is 1. The van der Waals surface area contributed by atoms with E-state index in [1.165, 1.54) is 5.56 Å². The first kappa shape index (κ1) is 13.5. The van der Waals surface area contributed by atoms with E-state index in [2.05, 4.69) is 35.6 Å². The lowest BCUT2D eigenvalue weighted by Crippen LogP contribution is -2.37. The van der Waals surface area contributed by atoms with Crippen LogP contribution in [0.4, 0.5) is 0 Å². The van der Waals surface area contributed by atoms with Crippen LogP contribution in [0, 0.1) is 5.92 Å². The van der Waals surface area contributed by atoms with Crippen molar-refractivity contribution in [2.45, 2.75) is 27.3 Å². The lowest BCUT2D eigenvalue weighted by Gasteiger charge is -2.22. The maximum Gasteiger partial charge on any atom is 0.191 e. The molecule has 1 aromatic heterocycles. The van der Waals surface area contributed by atoms with E-state index in [4.69, 9.17) is 5.73 Å². The highest BCUT2D eigenvalue weighted by Crippen LogP contribution is 2.03. The van der Waals surface area contributed by atoms with Crippen LogP contribution in [0.25, 0.3) is 0 Å². The van der Waals surface area contributed by atoms with Crippen molar-refractivity contribution in [2.24, 2.45) is 16.6 Å². The molecular weight excluding hydrogens is 212 g/mol. The van der Waals surface area contributed by atoms with Gasteiger partial charge >= 0.3 is 0 Å². The second-order valence-electron chi connectivity index (χ2n) is 4.46. The number of hydrogen-bond acceptors (Lipinski definition) is 2. The first-order chi connectivity index (χ1) is 8.13. The maximum atomic E-state index is 5.98. The monoisotopic (exact) mass is 234 g/mol. The van der Waals surface area contributed by atoms with E-state index in [-0.39, 0.29) is 0 Å². The van der Waals surface area contributed by atoms with Gasteiger partial charge < -0.3 is 10.6 Å². The molecule has 0 aliphatic carbocycles. The van der Waals surface area contributed by atoms with Gasteiger partial charge in [-0.2, -0.15) is 0 Å². The fourth-order valence-electron chi connectivity index (χ4n) is 1.44. The summed E-state index contributed by atoms with van der Waals surface area (Å²) < 4.78 is 0. The van der Waals surface area contributed by atoms with Gasteiger partial charge in [0.05, 0.1) is 0 Å². The summed E-state index contributed by atoms with van der Waals surface area (Å²) >= 11 is 0. The normalized spacial score (nSPS) is 11.9. The van der Waals surface area contributed by atoms with Crippen LogP contribution in [-0.4, -0.2) is 28.9 Å². The van der Waals surface area contributed by atoms with Crippen molar-refractivity contribution < 1.29 is 0 Å². The Hall–Kier alpha value is -1.58. The fourth-order valence-corrected chi connectivity index (χ4v) is 1.44. The van der Waals surface area contributed by atoms with Crippen molar-refractivity contribution in [3.63, 3.8) is 0 Å². The van der Waals surface area contributed by atoms with Crippen LogP contribution in [0.3, 0.4) is 0 Å². The van der Waals surface area contributed by atoms with Gasteiger partial charge in [0.15, 0.2) is 5.96 Å². The molecule has 1 heterocycles. The van der Waals surface area contributed by atoms with Crippen LogP contribution < -0.4 is 5.73 Å². The molecule has 0 amide bonds. The first-order valence-electron chi connectivity index (χ1n) is 6.07. The Morgan fingerprint density at radius 1 is 1.41 bits per heavy atom. The number of rotatable bonds is 5. The highest BCUT2D eigenvalue weighted by Gasteiger charge is 2.06. The second-order valence-corrected chi connectivity index (χ2v) is 4.46. The Morgan fingerprint density at radius 3 is 2.59 bits per heavy atom. The largest absolute Gasteiger partial charge is 0.370 e. The molecule has 17 heavy (non-hydrogen) atoms. The number of pyridine rings is 1. The van der Waals surface area contributed by atoms with Crippen molar-refractivity contribution in [3.05, 3.63) is 30.1 Å². The minimum absolute atomic E-state index is 0.535. The molecule has 0 saturated heterocycles. The summed E-state index contributed by atoms with van der Waals surface area (Å²) in [5.41, 5.74) is 7.18. The number of guanidine groups is 1. The third kappa shape index (κ3) is 4.85. The van der Waals surface area contributed by atoms with Crippen molar-refractivity contribution >= 4 is 5.96 Å².